The zero-order chi connectivity index (χ0) is 29.1. The first-order valence-corrected chi connectivity index (χ1v) is 14.2. The van der Waals surface area contributed by atoms with Gasteiger partial charge in [0, 0.05) is 62.0 Å². The Labute approximate surface area is 239 Å². The van der Waals surface area contributed by atoms with E-state index in [1.165, 1.54) is 0 Å². The van der Waals surface area contributed by atoms with Gasteiger partial charge in [-0.25, -0.2) is 14.8 Å². The predicted octanol–water partition coefficient (Wildman–Crippen LogP) is 3.80. The summed E-state index contributed by atoms with van der Waals surface area (Å²) < 4.78 is 0.315. The summed E-state index contributed by atoms with van der Waals surface area (Å²) in [6.45, 7) is 10.8. The van der Waals surface area contributed by atoms with Crippen LogP contribution in [-0.2, 0) is 11.2 Å². The number of nitrogens with zero attached hydrogens (tertiary/aromatic N) is 5. The molecule has 3 N–H and O–H groups in total. The number of hydrogen-bond acceptors (Lipinski definition) is 7. The first kappa shape index (κ1) is 30.9. The Hall–Kier alpha value is -3.59. The molecular formula is C32H45N6O2+. The van der Waals surface area contributed by atoms with E-state index in [9.17, 15) is 9.90 Å². The molecular weight excluding hydrogens is 500 g/mol. The van der Waals surface area contributed by atoms with Crippen LogP contribution in [0.5, 0.6) is 0 Å². The van der Waals surface area contributed by atoms with E-state index in [1.807, 2.05) is 71.3 Å². The van der Waals surface area contributed by atoms with Crippen molar-refractivity contribution >= 4 is 17.8 Å². The molecule has 1 fully saturated rings. The van der Waals surface area contributed by atoms with Crippen LogP contribution in [0.1, 0.15) is 37.7 Å². The highest BCUT2D eigenvalue weighted by atomic mass is 16.3. The summed E-state index contributed by atoms with van der Waals surface area (Å²) >= 11 is 0. The smallest absolute Gasteiger partial charge is 0.301 e. The minimum atomic E-state index is 0.169. The molecule has 1 aliphatic heterocycles. The SMILES string of the molecule is C/C(N)=C(\c1ccccc1)c1nc(-c2cccc(CC[N+](C)(C)C=O)c2)cc(N2CCN(CCO)CC2)n1.CC. The Kier molecular flexibility index (Phi) is 11.4. The number of amides is 1. The van der Waals surface area contributed by atoms with Gasteiger partial charge in [0.1, 0.15) is 5.82 Å². The molecule has 2 aromatic carbocycles. The molecule has 1 amide bonds. The van der Waals surface area contributed by atoms with Crippen molar-refractivity contribution in [3.8, 4) is 11.3 Å². The molecule has 4 rings (SSSR count). The van der Waals surface area contributed by atoms with Crippen molar-refractivity contribution in [1.29, 1.82) is 0 Å². The van der Waals surface area contributed by atoms with Crippen molar-refractivity contribution < 1.29 is 14.4 Å². The molecule has 0 unspecified atom stereocenters. The standard InChI is InChI=1S/C30H39N6O2.C2H6/c1-23(31)29(25-9-5-4-6-10-25)30-32-27(21-28(33-30)35-15-13-34(14-16-35)17-19-37)26-11-7-8-24(20-26)12-18-36(2,3)22-38;1-2/h4-11,20-22,37H,12-19,31H2,1-3H3;1-2H3/q+1;/b29-23-;. The van der Waals surface area contributed by atoms with Crippen LogP contribution in [0.4, 0.5) is 5.82 Å². The van der Waals surface area contributed by atoms with E-state index in [0.29, 0.717) is 22.5 Å². The number of β-amino-alcohol motifs (C(OH)–C–C–N with tert-alkyl or cyclic N) is 1. The number of aromatic nitrogens is 2. The summed E-state index contributed by atoms with van der Waals surface area (Å²) in [7, 11) is 3.82. The molecule has 0 aliphatic carbocycles. The summed E-state index contributed by atoms with van der Waals surface area (Å²) in [5, 5.41) is 9.33. The monoisotopic (exact) mass is 545 g/mol. The Morgan fingerprint density at radius 2 is 1.70 bits per heavy atom. The normalized spacial score (nSPS) is 14.7. The van der Waals surface area contributed by atoms with Crippen LogP contribution in [0.2, 0.25) is 0 Å². The van der Waals surface area contributed by atoms with Gasteiger partial charge in [-0.15, -0.1) is 0 Å². The molecule has 214 valence electrons. The highest BCUT2D eigenvalue weighted by Gasteiger charge is 2.21. The van der Waals surface area contributed by atoms with Crippen LogP contribution < -0.4 is 10.6 Å². The Morgan fingerprint density at radius 1 is 1.00 bits per heavy atom. The molecule has 8 nitrogen and oxygen atoms in total. The van der Waals surface area contributed by atoms with Gasteiger partial charge in [0.2, 0.25) is 0 Å². The Balaban J connectivity index is 0.00000216. The third-order valence-corrected chi connectivity index (χ3v) is 6.99. The molecule has 0 bridgehead atoms. The van der Waals surface area contributed by atoms with Crippen molar-refractivity contribution in [2.75, 3.05) is 64.9 Å². The second-order valence-corrected chi connectivity index (χ2v) is 10.5. The Morgan fingerprint density at radius 3 is 2.33 bits per heavy atom. The summed E-state index contributed by atoms with van der Waals surface area (Å²) in [6, 6.07) is 20.5. The molecule has 0 spiro atoms. The zero-order valence-electron chi connectivity index (χ0n) is 24.7. The maximum absolute atomic E-state index is 11.4. The zero-order valence-corrected chi connectivity index (χ0v) is 24.7. The number of nitrogens with two attached hydrogens (primary N) is 1. The van der Waals surface area contributed by atoms with Gasteiger partial charge in [0.15, 0.2) is 5.82 Å². The van der Waals surface area contributed by atoms with E-state index in [0.717, 1.165) is 79.3 Å². The predicted molar refractivity (Wildman–Crippen MR) is 164 cm³/mol. The third-order valence-electron chi connectivity index (χ3n) is 6.99. The molecule has 1 aromatic heterocycles. The molecule has 40 heavy (non-hydrogen) atoms. The largest absolute Gasteiger partial charge is 0.402 e. The van der Waals surface area contributed by atoms with E-state index < -0.39 is 0 Å². The molecule has 0 radical (unpaired) electrons. The van der Waals surface area contributed by atoms with Crippen LogP contribution in [0, 0.1) is 0 Å². The minimum absolute atomic E-state index is 0.169. The number of allylic oxidation sites excluding steroid dienone is 1. The lowest BCUT2D eigenvalue weighted by Crippen LogP contribution is -2.47. The van der Waals surface area contributed by atoms with Crippen molar-refractivity contribution in [2.24, 2.45) is 5.73 Å². The highest BCUT2D eigenvalue weighted by molar-refractivity contribution is 5.80. The maximum atomic E-state index is 11.4. The number of aliphatic hydroxyl groups excluding tert-OH is 1. The van der Waals surface area contributed by atoms with Crippen LogP contribution in [0.3, 0.4) is 0 Å². The second kappa shape index (κ2) is 14.7. The van der Waals surface area contributed by atoms with E-state index in [4.69, 9.17) is 15.7 Å². The average Bonchev–Trinajstić information content (AvgIpc) is 2.98. The second-order valence-electron chi connectivity index (χ2n) is 10.5. The van der Waals surface area contributed by atoms with E-state index >= 15 is 0 Å². The first-order valence-electron chi connectivity index (χ1n) is 14.2. The molecule has 3 aromatic rings. The number of rotatable bonds is 10. The van der Waals surface area contributed by atoms with Crippen LogP contribution >= 0.6 is 0 Å². The summed E-state index contributed by atoms with van der Waals surface area (Å²) in [6.07, 6.45) is 1.76. The average molecular weight is 546 g/mol. The van der Waals surface area contributed by atoms with Crippen LogP contribution in [0.25, 0.3) is 16.8 Å². The molecule has 1 saturated heterocycles. The fourth-order valence-electron chi connectivity index (χ4n) is 4.69. The number of benzene rings is 2. The van der Waals surface area contributed by atoms with Crippen molar-refractivity contribution in [3.63, 3.8) is 0 Å². The third kappa shape index (κ3) is 8.21. The quantitative estimate of drug-likeness (QED) is 0.296. The fourth-order valence-corrected chi connectivity index (χ4v) is 4.69. The van der Waals surface area contributed by atoms with Crippen LogP contribution in [0.15, 0.2) is 66.4 Å². The first-order chi connectivity index (χ1) is 19.3. The number of hydrogen-bond donors (Lipinski definition) is 2. The minimum Gasteiger partial charge on any atom is -0.402 e. The molecule has 1 aliphatic rings. The number of carbonyl (C=O) groups is 1. The summed E-state index contributed by atoms with van der Waals surface area (Å²) in [5.41, 5.74) is 11.9. The van der Waals surface area contributed by atoms with Gasteiger partial charge >= 0.3 is 6.41 Å². The van der Waals surface area contributed by atoms with Gasteiger partial charge in [-0.2, -0.15) is 0 Å². The summed E-state index contributed by atoms with van der Waals surface area (Å²) in [5.74, 6) is 1.47. The van der Waals surface area contributed by atoms with Gasteiger partial charge < -0.3 is 15.7 Å². The lowest BCUT2D eigenvalue weighted by molar-refractivity contribution is -0.804. The van der Waals surface area contributed by atoms with Crippen LogP contribution in [-0.4, -0.2) is 90.8 Å². The van der Waals surface area contributed by atoms with Gasteiger partial charge in [-0.3, -0.25) is 9.38 Å². The van der Waals surface area contributed by atoms with E-state index in [2.05, 4.69) is 34.1 Å². The van der Waals surface area contributed by atoms with E-state index in [-0.39, 0.29) is 6.61 Å². The van der Waals surface area contributed by atoms with Crippen molar-refractivity contribution in [2.45, 2.75) is 27.2 Å². The number of carbonyl (C=O) groups excluding carboxylic acids is 1. The number of anilines is 1. The molecule has 0 saturated carbocycles. The molecule has 2 heterocycles. The number of likely N-dealkylation sites (N-methyl/N-ethyl adjacent to an activating group) is 1. The van der Waals surface area contributed by atoms with Gasteiger partial charge in [-0.1, -0.05) is 62.4 Å². The topological polar surface area (TPSA) is 95.6 Å². The molecule has 0 atom stereocenters. The van der Waals surface area contributed by atoms with Gasteiger partial charge in [-0.05, 0) is 24.1 Å². The summed E-state index contributed by atoms with van der Waals surface area (Å²) in [4.78, 5) is 26.0. The number of quaternary nitrogens is 1. The van der Waals surface area contributed by atoms with Crippen molar-refractivity contribution in [1.82, 2.24) is 14.9 Å². The van der Waals surface area contributed by atoms with Gasteiger partial charge in [0.25, 0.3) is 0 Å². The number of piperazine rings is 1. The number of aliphatic hydroxyl groups is 1. The fraction of sp³-hybridized carbons (Fsp3) is 0.406. The van der Waals surface area contributed by atoms with Crippen molar-refractivity contribution in [3.05, 3.63) is 83.3 Å². The Bertz CT molecular complexity index is 1260. The highest BCUT2D eigenvalue weighted by Crippen LogP contribution is 2.29. The van der Waals surface area contributed by atoms with E-state index in [1.54, 1.807) is 0 Å². The van der Waals surface area contributed by atoms with Gasteiger partial charge in [0.05, 0.1) is 32.9 Å². The maximum Gasteiger partial charge on any atom is 0.301 e. The lowest BCUT2D eigenvalue weighted by atomic mass is 10.0. The molecule has 8 heteroatoms. The lowest BCUT2D eigenvalue weighted by Gasteiger charge is -2.35.